The molecule has 4 rings (SSSR count). The van der Waals surface area contributed by atoms with E-state index < -0.39 is 26.1 Å². The predicted octanol–water partition coefficient (Wildman–Crippen LogP) is 1.78. The topological polar surface area (TPSA) is 131 Å². The zero-order chi connectivity index (χ0) is 27.5. The zero-order valence-electron chi connectivity index (χ0n) is 21.3. The summed E-state index contributed by atoms with van der Waals surface area (Å²) in [6.45, 7) is 5.08. The lowest BCUT2D eigenvalue weighted by atomic mass is 10.0. The monoisotopic (exact) mass is 546 g/mol. The highest BCUT2D eigenvalue weighted by Gasteiger charge is 2.43. The number of fused-ring (bicyclic) bond motifs is 1. The number of nitrogens with one attached hydrogen (secondary N) is 1. The molecule has 0 saturated carbocycles. The summed E-state index contributed by atoms with van der Waals surface area (Å²) < 4.78 is 44.0. The normalized spacial score (nSPS) is 16.3. The second-order valence-electron chi connectivity index (χ2n) is 9.69. The molecule has 1 fully saturated rings. The molecule has 1 atom stereocenters. The van der Waals surface area contributed by atoms with Crippen LogP contribution in [0.2, 0.25) is 0 Å². The minimum absolute atomic E-state index is 0.124. The standard InChI is InChI=1S/C26H31FN4O6S/c1-26(25(33)29-34,38(2,35)36)8-10-31-17-28-23-16-19(4-6-21(23)24(31)32)20-5-3-18(15-22(20)27)7-9-30-11-13-37-14-12-30/h3-6,15-17,34H,7-14H2,1-2H3,(H,29,33). The molecule has 38 heavy (non-hydrogen) atoms. The molecule has 1 amide bonds. The fraction of sp³-hybridized carbons (Fsp3) is 0.423. The van der Waals surface area contributed by atoms with Crippen molar-refractivity contribution in [3.63, 3.8) is 0 Å². The first-order chi connectivity index (χ1) is 18.0. The van der Waals surface area contributed by atoms with Crippen LogP contribution in [0.5, 0.6) is 0 Å². The quantitative estimate of drug-likeness (QED) is 0.307. The van der Waals surface area contributed by atoms with Crippen LogP contribution in [0, 0.1) is 5.82 Å². The fourth-order valence-corrected chi connectivity index (χ4v) is 5.31. The first-order valence-corrected chi connectivity index (χ1v) is 14.1. The number of carbonyl (C=O) groups is 1. The Morgan fingerprint density at radius 2 is 1.92 bits per heavy atom. The van der Waals surface area contributed by atoms with Gasteiger partial charge < -0.3 is 4.74 Å². The van der Waals surface area contributed by atoms with E-state index in [0.29, 0.717) is 16.6 Å². The molecule has 204 valence electrons. The molecular formula is C26H31FN4O6S. The van der Waals surface area contributed by atoms with Crippen molar-refractivity contribution < 1.29 is 27.5 Å². The summed E-state index contributed by atoms with van der Waals surface area (Å²) in [7, 11) is -3.91. The van der Waals surface area contributed by atoms with E-state index in [1.165, 1.54) is 29.4 Å². The van der Waals surface area contributed by atoms with E-state index in [9.17, 15) is 18.0 Å². The summed E-state index contributed by atoms with van der Waals surface area (Å²) in [6, 6.07) is 9.99. The molecule has 12 heteroatoms. The number of morpholine rings is 1. The summed E-state index contributed by atoms with van der Waals surface area (Å²) in [5, 5.41) is 9.25. The molecule has 1 aliphatic heterocycles. The van der Waals surface area contributed by atoms with Gasteiger partial charge in [-0.3, -0.25) is 24.3 Å². The number of aryl methyl sites for hydroxylation is 1. The molecule has 2 heterocycles. The third kappa shape index (κ3) is 5.78. The summed E-state index contributed by atoms with van der Waals surface area (Å²) in [6.07, 6.45) is 2.63. The Kier molecular flexibility index (Phi) is 8.26. The maximum atomic E-state index is 15.0. The lowest BCUT2D eigenvalue weighted by Crippen LogP contribution is -2.50. The largest absolute Gasteiger partial charge is 0.379 e. The molecule has 0 bridgehead atoms. The first kappa shape index (κ1) is 27.8. The van der Waals surface area contributed by atoms with Crippen LogP contribution in [-0.2, 0) is 32.3 Å². The molecular weight excluding hydrogens is 515 g/mol. The number of benzene rings is 2. The highest BCUT2D eigenvalue weighted by Crippen LogP contribution is 2.27. The van der Waals surface area contributed by atoms with Gasteiger partial charge in [-0.05, 0) is 49.1 Å². The van der Waals surface area contributed by atoms with Crippen LogP contribution in [0.3, 0.4) is 0 Å². The van der Waals surface area contributed by atoms with Gasteiger partial charge in [-0.15, -0.1) is 0 Å². The summed E-state index contributed by atoms with van der Waals surface area (Å²) in [5.41, 5.74) is 3.18. The van der Waals surface area contributed by atoms with Gasteiger partial charge in [0.15, 0.2) is 14.6 Å². The van der Waals surface area contributed by atoms with Crippen LogP contribution in [0.15, 0.2) is 47.5 Å². The van der Waals surface area contributed by atoms with E-state index in [4.69, 9.17) is 9.94 Å². The molecule has 2 aromatic carbocycles. The van der Waals surface area contributed by atoms with E-state index >= 15 is 4.39 Å². The third-order valence-corrected chi connectivity index (χ3v) is 9.25. The number of amides is 1. The van der Waals surface area contributed by atoms with Crippen LogP contribution in [-0.4, -0.2) is 77.8 Å². The average Bonchev–Trinajstić information content (AvgIpc) is 2.90. The van der Waals surface area contributed by atoms with E-state index in [1.807, 2.05) is 6.07 Å². The number of hydrogen-bond donors (Lipinski definition) is 2. The molecule has 1 saturated heterocycles. The first-order valence-electron chi connectivity index (χ1n) is 12.3. The summed E-state index contributed by atoms with van der Waals surface area (Å²) in [5.74, 6) is -1.44. The molecule has 0 aliphatic carbocycles. The number of carbonyl (C=O) groups excluding carboxylic acids is 1. The van der Waals surface area contributed by atoms with E-state index in [2.05, 4.69) is 9.88 Å². The maximum Gasteiger partial charge on any atom is 0.264 e. The van der Waals surface area contributed by atoms with E-state index in [-0.39, 0.29) is 24.2 Å². The smallest absolute Gasteiger partial charge is 0.264 e. The average molecular weight is 547 g/mol. The Hall–Kier alpha value is -3.19. The lowest BCUT2D eigenvalue weighted by Gasteiger charge is -2.26. The van der Waals surface area contributed by atoms with Gasteiger partial charge in [0.1, 0.15) is 5.82 Å². The van der Waals surface area contributed by atoms with Crippen molar-refractivity contribution >= 4 is 26.6 Å². The number of halogens is 1. The Morgan fingerprint density at radius 1 is 1.18 bits per heavy atom. The van der Waals surface area contributed by atoms with Crippen LogP contribution in [0.25, 0.3) is 22.0 Å². The number of hydroxylamine groups is 1. The van der Waals surface area contributed by atoms with Crippen LogP contribution >= 0.6 is 0 Å². The second kappa shape index (κ2) is 11.3. The minimum Gasteiger partial charge on any atom is -0.379 e. The lowest BCUT2D eigenvalue weighted by molar-refractivity contribution is -0.131. The maximum absolute atomic E-state index is 15.0. The molecule has 2 N–H and O–H groups in total. The Morgan fingerprint density at radius 3 is 2.58 bits per heavy atom. The zero-order valence-corrected chi connectivity index (χ0v) is 22.1. The molecule has 0 radical (unpaired) electrons. The van der Waals surface area contributed by atoms with Crippen molar-refractivity contribution in [1.82, 2.24) is 19.9 Å². The molecule has 0 spiro atoms. The SMILES string of the molecule is CC(CCn1cnc2cc(-c3ccc(CCN4CCOCC4)cc3F)ccc2c1=O)(C(=O)NO)S(C)(=O)=O. The number of nitrogens with zero attached hydrogens (tertiary/aromatic N) is 3. The summed E-state index contributed by atoms with van der Waals surface area (Å²) in [4.78, 5) is 31.7. The Bertz CT molecular complexity index is 1500. The molecule has 1 unspecified atom stereocenters. The van der Waals surface area contributed by atoms with Crippen LogP contribution in [0.4, 0.5) is 4.39 Å². The molecule has 1 aliphatic rings. The van der Waals surface area contributed by atoms with Gasteiger partial charge in [-0.2, -0.15) is 0 Å². The van der Waals surface area contributed by atoms with Crippen molar-refractivity contribution in [3.05, 3.63) is 64.5 Å². The number of sulfone groups is 1. The highest BCUT2D eigenvalue weighted by molar-refractivity contribution is 7.92. The Balaban J connectivity index is 1.53. The molecule has 3 aromatic rings. The second-order valence-corrected chi connectivity index (χ2v) is 12.1. The van der Waals surface area contributed by atoms with Gasteiger partial charge in [0, 0.05) is 38.0 Å². The van der Waals surface area contributed by atoms with Crippen molar-refractivity contribution in [2.75, 3.05) is 39.1 Å². The van der Waals surface area contributed by atoms with Gasteiger partial charge >= 0.3 is 0 Å². The van der Waals surface area contributed by atoms with Crippen molar-refractivity contribution in [2.45, 2.75) is 31.1 Å². The molecule has 10 nitrogen and oxygen atoms in total. The third-order valence-electron chi connectivity index (χ3n) is 7.22. The predicted molar refractivity (Wildman–Crippen MR) is 140 cm³/mol. The number of rotatable bonds is 9. The number of ether oxygens (including phenoxy) is 1. The Labute approximate surface area is 219 Å². The van der Waals surface area contributed by atoms with Gasteiger partial charge in [-0.1, -0.05) is 18.2 Å². The fourth-order valence-electron chi connectivity index (χ4n) is 4.46. The molecule has 1 aromatic heterocycles. The van der Waals surface area contributed by atoms with Gasteiger partial charge in [-0.25, -0.2) is 23.3 Å². The number of hydrogen-bond acceptors (Lipinski definition) is 8. The van der Waals surface area contributed by atoms with Crippen molar-refractivity contribution in [3.8, 4) is 11.1 Å². The van der Waals surface area contributed by atoms with Crippen LogP contribution in [0.1, 0.15) is 18.9 Å². The van der Waals surface area contributed by atoms with Crippen molar-refractivity contribution in [1.29, 1.82) is 0 Å². The van der Waals surface area contributed by atoms with E-state index in [1.54, 1.807) is 24.3 Å². The highest BCUT2D eigenvalue weighted by atomic mass is 32.2. The van der Waals surface area contributed by atoms with Crippen LogP contribution < -0.4 is 11.0 Å². The van der Waals surface area contributed by atoms with Gasteiger partial charge in [0.25, 0.3) is 11.5 Å². The van der Waals surface area contributed by atoms with E-state index in [0.717, 1.165) is 51.1 Å². The van der Waals surface area contributed by atoms with Gasteiger partial charge in [0.2, 0.25) is 0 Å². The summed E-state index contributed by atoms with van der Waals surface area (Å²) >= 11 is 0. The number of aromatic nitrogens is 2. The minimum atomic E-state index is -3.91. The van der Waals surface area contributed by atoms with Gasteiger partial charge in [0.05, 0.1) is 30.4 Å². The van der Waals surface area contributed by atoms with Crippen molar-refractivity contribution in [2.24, 2.45) is 0 Å².